The van der Waals surface area contributed by atoms with Gasteiger partial charge in [-0.2, -0.15) is 28.5 Å². The summed E-state index contributed by atoms with van der Waals surface area (Å²) in [5, 5.41) is 13.7. The number of rotatable bonds is 7. The summed E-state index contributed by atoms with van der Waals surface area (Å²) in [4.78, 5) is 35.8. The van der Waals surface area contributed by atoms with Crippen molar-refractivity contribution in [3.05, 3.63) is 58.2 Å². The van der Waals surface area contributed by atoms with Gasteiger partial charge in [-0.05, 0) is 87.5 Å². The van der Waals surface area contributed by atoms with E-state index in [1.54, 1.807) is 17.5 Å². The van der Waals surface area contributed by atoms with E-state index in [1.807, 2.05) is 6.92 Å². The van der Waals surface area contributed by atoms with E-state index in [0.717, 1.165) is 43.0 Å². The number of carbonyl (C=O) groups is 2. The Morgan fingerprint density at radius 2 is 1.90 bits per heavy atom. The summed E-state index contributed by atoms with van der Waals surface area (Å²) in [5.41, 5.74) is -0.290. The number of benzene rings is 1. The first-order valence-corrected chi connectivity index (χ1v) is 14.5. The number of hydrogen-bond donors (Lipinski definition) is 0. The fourth-order valence-corrected chi connectivity index (χ4v) is 7.05. The average molecular weight is 580 g/mol. The second-order valence-electron chi connectivity index (χ2n) is 12.2. The molecule has 8 nitrogen and oxygen atoms in total. The summed E-state index contributed by atoms with van der Waals surface area (Å²) in [7, 11) is 0. The third kappa shape index (κ3) is 4.84. The highest BCUT2D eigenvalue weighted by Crippen LogP contribution is 2.52. The molecular formula is C31H32F3N5O3. The van der Waals surface area contributed by atoms with Gasteiger partial charge in [0.25, 0.3) is 5.78 Å². The molecule has 0 amide bonds. The number of ketones is 1. The number of esters is 1. The van der Waals surface area contributed by atoms with E-state index in [1.165, 1.54) is 12.4 Å². The van der Waals surface area contributed by atoms with Gasteiger partial charge < -0.3 is 4.74 Å². The SMILES string of the molecule is Cc1nc2ncnn2c(C)c1CC1C(=O)CC(CCc2ccc(C3(C#N)CC3)c(C(F)(F)F)c2)(C2CCCC2)OC1=O. The zero-order valence-electron chi connectivity index (χ0n) is 23.6. The number of halogens is 3. The van der Waals surface area contributed by atoms with Crippen LogP contribution in [0.2, 0.25) is 0 Å². The van der Waals surface area contributed by atoms with E-state index in [2.05, 4.69) is 21.1 Å². The van der Waals surface area contributed by atoms with Gasteiger partial charge in [-0.1, -0.05) is 25.0 Å². The van der Waals surface area contributed by atoms with Gasteiger partial charge in [0, 0.05) is 17.8 Å². The van der Waals surface area contributed by atoms with Crippen LogP contribution in [0.1, 0.15) is 85.0 Å². The number of carbonyl (C=O) groups excluding carboxylic acids is 2. The summed E-state index contributed by atoms with van der Waals surface area (Å²) < 4.78 is 49.9. The second-order valence-corrected chi connectivity index (χ2v) is 12.2. The zero-order valence-corrected chi connectivity index (χ0v) is 23.6. The van der Waals surface area contributed by atoms with Crippen molar-refractivity contribution in [1.82, 2.24) is 19.6 Å². The van der Waals surface area contributed by atoms with E-state index in [4.69, 9.17) is 4.74 Å². The van der Waals surface area contributed by atoms with Crippen LogP contribution in [0.25, 0.3) is 5.78 Å². The van der Waals surface area contributed by atoms with Gasteiger partial charge in [0.05, 0.1) is 17.0 Å². The molecule has 0 N–H and O–H groups in total. The summed E-state index contributed by atoms with van der Waals surface area (Å²) in [6.07, 6.45) is 1.77. The van der Waals surface area contributed by atoms with Crippen LogP contribution in [-0.2, 0) is 38.8 Å². The first-order valence-electron chi connectivity index (χ1n) is 14.5. The number of aryl methyl sites for hydroxylation is 3. The van der Waals surface area contributed by atoms with Gasteiger partial charge in [0.2, 0.25) is 0 Å². The van der Waals surface area contributed by atoms with Crippen LogP contribution in [0.3, 0.4) is 0 Å². The highest BCUT2D eigenvalue weighted by atomic mass is 19.4. The Hall–Kier alpha value is -3.81. The predicted octanol–water partition coefficient (Wildman–Crippen LogP) is 5.55. The smallest absolute Gasteiger partial charge is 0.416 e. The van der Waals surface area contributed by atoms with Gasteiger partial charge in [0.15, 0.2) is 5.78 Å². The number of Topliss-reactive ketones (excluding diaryl/α,β-unsaturated/α-hetero) is 1. The number of ether oxygens (including phenoxy) is 1. The number of fused-ring (bicyclic) bond motifs is 1. The fourth-order valence-electron chi connectivity index (χ4n) is 7.05. The van der Waals surface area contributed by atoms with Crippen molar-refractivity contribution < 1.29 is 27.5 Å². The van der Waals surface area contributed by atoms with Crippen molar-refractivity contribution in [1.29, 1.82) is 5.26 Å². The Balaban J connectivity index is 1.25. The van der Waals surface area contributed by atoms with E-state index >= 15 is 0 Å². The fraction of sp³-hybridized carbons (Fsp3) is 0.548. The number of cyclic esters (lactones) is 1. The molecule has 6 rings (SSSR count). The maximum absolute atomic E-state index is 14.1. The normalized spacial score (nSPS) is 24.1. The molecule has 3 aromatic rings. The average Bonchev–Trinajstić information content (AvgIpc) is 3.29. The van der Waals surface area contributed by atoms with Gasteiger partial charge in [-0.15, -0.1) is 0 Å². The number of nitrogens with zero attached hydrogens (tertiary/aromatic N) is 5. The molecule has 2 atom stereocenters. The molecule has 1 aliphatic heterocycles. The van der Waals surface area contributed by atoms with Crippen LogP contribution in [0, 0.1) is 37.0 Å². The Morgan fingerprint density at radius 1 is 1.17 bits per heavy atom. The molecule has 1 aromatic carbocycles. The molecule has 42 heavy (non-hydrogen) atoms. The minimum atomic E-state index is -4.60. The third-order valence-corrected chi connectivity index (χ3v) is 9.65. The van der Waals surface area contributed by atoms with E-state index < -0.39 is 34.6 Å². The molecule has 0 radical (unpaired) electrons. The molecule has 0 bridgehead atoms. The third-order valence-electron chi connectivity index (χ3n) is 9.65. The molecule has 2 aliphatic carbocycles. The summed E-state index contributed by atoms with van der Waals surface area (Å²) in [6, 6.07) is 6.26. The lowest BCUT2D eigenvalue weighted by atomic mass is 9.73. The highest BCUT2D eigenvalue weighted by molar-refractivity contribution is 6.02. The monoisotopic (exact) mass is 579 g/mol. The summed E-state index contributed by atoms with van der Waals surface area (Å²) >= 11 is 0. The van der Waals surface area contributed by atoms with E-state index in [-0.39, 0.29) is 42.9 Å². The lowest BCUT2D eigenvalue weighted by Gasteiger charge is -2.43. The second kappa shape index (κ2) is 10.2. The van der Waals surface area contributed by atoms with Crippen LogP contribution in [0.15, 0.2) is 24.5 Å². The lowest BCUT2D eigenvalue weighted by Crippen LogP contribution is -2.52. The van der Waals surface area contributed by atoms with Crippen molar-refractivity contribution in [2.45, 2.75) is 95.2 Å². The molecular weight excluding hydrogens is 547 g/mol. The van der Waals surface area contributed by atoms with Crippen molar-refractivity contribution in [3.63, 3.8) is 0 Å². The van der Waals surface area contributed by atoms with Crippen molar-refractivity contribution in [2.24, 2.45) is 11.8 Å². The molecule has 11 heteroatoms. The number of aromatic nitrogens is 4. The first kappa shape index (κ1) is 28.3. The Kier molecular flexibility index (Phi) is 6.86. The molecule has 3 aliphatic rings. The van der Waals surface area contributed by atoms with Crippen LogP contribution in [0.4, 0.5) is 13.2 Å². The molecule has 220 valence electrons. The highest BCUT2D eigenvalue weighted by Gasteiger charge is 2.52. The Labute approximate surface area is 241 Å². The van der Waals surface area contributed by atoms with Gasteiger partial charge in [0.1, 0.15) is 17.8 Å². The van der Waals surface area contributed by atoms with E-state index in [0.29, 0.717) is 29.9 Å². The molecule has 3 fully saturated rings. The molecule has 1 saturated heterocycles. The molecule has 0 spiro atoms. The predicted molar refractivity (Wildman–Crippen MR) is 144 cm³/mol. The maximum Gasteiger partial charge on any atom is 0.416 e. The minimum Gasteiger partial charge on any atom is -0.458 e. The lowest BCUT2D eigenvalue weighted by molar-refractivity contribution is -0.185. The summed E-state index contributed by atoms with van der Waals surface area (Å²) in [6.45, 7) is 3.65. The van der Waals surface area contributed by atoms with E-state index in [9.17, 15) is 28.0 Å². The van der Waals surface area contributed by atoms with Crippen molar-refractivity contribution >= 4 is 17.5 Å². The summed E-state index contributed by atoms with van der Waals surface area (Å²) in [5.74, 6) is -1.39. The maximum atomic E-state index is 14.1. The molecule has 2 saturated carbocycles. The Bertz CT molecular complexity index is 1590. The van der Waals surface area contributed by atoms with Gasteiger partial charge >= 0.3 is 12.1 Å². The topological polar surface area (TPSA) is 110 Å². The molecule has 3 heterocycles. The van der Waals surface area contributed by atoms with Crippen LogP contribution in [-0.4, -0.2) is 36.9 Å². The molecule has 2 unspecified atom stereocenters. The number of hydrogen-bond acceptors (Lipinski definition) is 7. The number of alkyl halides is 3. The van der Waals surface area contributed by atoms with Gasteiger partial charge in [-0.3, -0.25) is 9.59 Å². The van der Waals surface area contributed by atoms with Crippen LogP contribution in [0.5, 0.6) is 0 Å². The number of nitriles is 1. The van der Waals surface area contributed by atoms with Crippen molar-refractivity contribution in [2.75, 3.05) is 0 Å². The van der Waals surface area contributed by atoms with Gasteiger partial charge in [-0.25, -0.2) is 9.50 Å². The Morgan fingerprint density at radius 3 is 2.55 bits per heavy atom. The van der Waals surface area contributed by atoms with Crippen LogP contribution >= 0.6 is 0 Å². The zero-order chi connectivity index (χ0) is 29.9. The first-order chi connectivity index (χ1) is 20.0. The molecule has 2 aromatic heterocycles. The van der Waals surface area contributed by atoms with Crippen LogP contribution < -0.4 is 0 Å². The quantitative estimate of drug-likeness (QED) is 0.267. The van der Waals surface area contributed by atoms with Crippen molar-refractivity contribution in [3.8, 4) is 6.07 Å². The largest absolute Gasteiger partial charge is 0.458 e. The minimum absolute atomic E-state index is 0.0260. The standard InChI is InChI=1S/C31H32F3N5O3/c1-18-22(19(2)39-28(38-18)36-17-37-39)14-23-26(40)15-30(42-27(23)41,21-5-3-4-6-21)10-9-20-7-8-24(29(16-35)11-12-29)25(13-20)31(32,33)34/h7-8,13,17,21,23H,3-6,9-12,14-15H2,1-2H3.